The first-order valence-electron chi connectivity index (χ1n) is 7.95. The van der Waals surface area contributed by atoms with Crippen molar-refractivity contribution < 1.29 is 19.4 Å². The summed E-state index contributed by atoms with van der Waals surface area (Å²) in [4.78, 5) is 27.4. The third kappa shape index (κ3) is 6.94. The molecule has 24 heavy (non-hydrogen) atoms. The van der Waals surface area contributed by atoms with Crippen molar-refractivity contribution >= 4 is 23.7 Å². The third-order valence-electron chi connectivity index (χ3n) is 3.48. The monoisotopic (exact) mass is 357 g/mol. The van der Waals surface area contributed by atoms with Crippen LogP contribution in [0, 0.1) is 0 Å². The summed E-state index contributed by atoms with van der Waals surface area (Å²) in [5.41, 5.74) is 0.703. The number of amides is 1. The van der Waals surface area contributed by atoms with Gasteiger partial charge in [0, 0.05) is 30.6 Å². The van der Waals surface area contributed by atoms with E-state index in [0.29, 0.717) is 10.9 Å². The summed E-state index contributed by atoms with van der Waals surface area (Å²) in [5.74, 6) is 0.273. The molecular weight excluding hydrogens is 330 g/mol. The fraction of sp³-hybridized carbons (Fsp3) is 0.688. The van der Waals surface area contributed by atoms with E-state index in [1.54, 1.807) is 0 Å². The second-order valence-corrected chi connectivity index (χ2v) is 7.42. The predicted molar refractivity (Wildman–Crippen MR) is 93.7 cm³/mol. The zero-order valence-corrected chi connectivity index (χ0v) is 15.6. The second-order valence-electron chi connectivity index (χ2n) is 6.56. The quantitative estimate of drug-likeness (QED) is 0.781. The maximum absolute atomic E-state index is 12.3. The molecule has 1 fully saturated rings. The van der Waals surface area contributed by atoms with Gasteiger partial charge in [-0.15, -0.1) is 11.3 Å². The molecule has 1 aliphatic rings. The number of rotatable bonds is 5. The topological polar surface area (TPSA) is 91.8 Å². The Hall–Kier alpha value is -1.51. The summed E-state index contributed by atoms with van der Waals surface area (Å²) in [5, 5.41) is 12.5. The van der Waals surface area contributed by atoms with Gasteiger partial charge in [-0.1, -0.05) is 13.8 Å². The molecule has 0 bridgehead atoms. The van der Waals surface area contributed by atoms with Crippen molar-refractivity contribution in [2.24, 2.45) is 0 Å². The van der Waals surface area contributed by atoms with E-state index in [9.17, 15) is 4.79 Å². The van der Waals surface area contributed by atoms with Crippen LogP contribution in [0.15, 0.2) is 5.38 Å². The highest BCUT2D eigenvalue weighted by molar-refractivity contribution is 7.11. The Morgan fingerprint density at radius 1 is 1.50 bits per heavy atom. The van der Waals surface area contributed by atoms with Gasteiger partial charge in [0.25, 0.3) is 12.4 Å². The number of thiazole rings is 1. The van der Waals surface area contributed by atoms with Crippen LogP contribution in [0.25, 0.3) is 0 Å². The Labute approximate surface area is 147 Å². The van der Waals surface area contributed by atoms with Crippen molar-refractivity contribution in [2.75, 3.05) is 32.8 Å². The lowest BCUT2D eigenvalue weighted by Crippen LogP contribution is -2.53. The molecule has 0 radical (unpaired) electrons. The minimum absolute atomic E-state index is 0.0786. The maximum atomic E-state index is 12.3. The molecule has 0 spiro atoms. The number of morpholine rings is 1. The summed E-state index contributed by atoms with van der Waals surface area (Å²) in [6.07, 6.45) is 0. The summed E-state index contributed by atoms with van der Waals surface area (Å²) < 4.78 is 5.35. The van der Waals surface area contributed by atoms with Crippen LogP contribution in [-0.4, -0.2) is 65.8 Å². The largest absolute Gasteiger partial charge is 0.483 e. The highest BCUT2D eigenvalue weighted by Crippen LogP contribution is 2.18. The number of ether oxygens (including phenoxy) is 1. The first-order valence-corrected chi connectivity index (χ1v) is 8.83. The average Bonchev–Trinajstić information content (AvgIpc) is 2.98. The van der Waals surface area contributed by atoms with Crippen LogP contribution in [0.1, 0.15) is 49.1 Å². The zero-order valence-electron chi connectivity index (χ0n) is 14.7. The van der Waals surface area contributed by atoms with Crippen LogP contribution in [0.4, 0.5) is 0 Å². The van der Waals surface area contributed by atoms with Crippen molar-refractivity contribution in [1.82, 2.24) is 15.2 Å². The van der Waals surface area contributed by atoms with E-state index in [0.717, 1.165) is 38.5 Å². The fourth-order valence-corrected chi connectivity index (χ4v) is 3.25. The molecule has 2 N–H and O–H groups in total. The van der Waals surface area contributed by atoms with Gasteiger partial charge in [0.05, 0.1) is 18.9 Å². The highest BCUT2D eigenvalue weighted by Gasteiger charge is 2.26. The molecule has 0 saturated carbocycles. The van der Waals surface area contributed by atoms with Gasteiger partial charge < -0.3 is 15.2 Å². The van der Waals surface area contributed by atoms with Crippen LogP contribution < -0.4 is 5.32 Å². The van der Waals surface area contributed by atoms with Crippen LogP contribution in [-0.2, 0) is 9.53 Å². The van der Waals surface area contributed by atoms with Gasteiger partial charge in [-0.2, -0.15) is 0 Å². The number of hydrogen-bond acceptors (Lipinski definition) is 6. The van der Waals surface area contributed by atoms with Gasteiger partial charge in [0.2, 0.25) is 0 Å². The summed E-state index contributed by atoms with van der Waals surface area (Å²) in [7, 11) is 0. The minimum atomic E-state index is -0.280. The lowest BCUT2D eigenvalue weighted by Gasteiger charge is -2.35. The van der Waals surface area contributed by atoms with Gasteiger partial charge in [-0.05, 0) is 19.8 Å². The molecule has 136 valence electrons. The molecule has 1 aromatic rings. The van der Waals surface area contributed by atoms with E-state index >= 15 is 0 Å². The Morgan fingerprint density at radius 2 is 2.08 bits per heavy atom. The van der Waals surface area contributed by atoms with E-state index in [-0.39, 0.29) is 17.9 Å². The van der Waals surface area contributed by atoms with Crippen molar-refractivity contribution in [3.05, 3.63) is 16.1 Å². The normalized spacial score (nSPS) is 15.5. The number of nitrogens with zero attached hydrogens (tertiary/aromatic N) is 2. The van der Waals surface area contributed by atoms with E-state index in [4.69, 9.17) is 14.6 Å². The van der Waals surface area contributed by atoms with E-state index < -0.39 is 0 Å². The number of carbonyl (C=O) groups is 2. The lowest BCUT2D eigenvalue weighted by molar-refractivity contribution is -0.122. The zero-order chi connectivity index (χ0) is 18.2. The van der Waals surface area contributed by atoms with Crippen LogP contribution in [0.5, 0.6) is 0 Å². The van der Waals surface area contributed by atoms with Crippen LogP contribution in [0.3, 0.4) is 0 Å². The van der Waals surface area contributed by atoms with E-state index in [1.807, 2.05) is 5.38 Å². The number of nitrogens with one attached hydrogen (secondary N) is 1. The van der Waals surface area contributed by atoms with Crippen molar-refractivity contribution in [3.8, 4) is 0 Å². The number of hydrogen-bond donors (Lipinski definition) is 2. The molecule has 0 unspecified atom stereocenters. The summed E-state index contributed by atoms with van der Waals surface area (Å²) in [6, 6.07) is 0. The Balaban J connectivity index is 0.000000891. The Morgan fingerprint density at radius 3 is 2.58 bits per heavy atom. The van der Waals surface area contributed by atoms with Crippen molar-refractivity contribution in [1.29, 1.82) is 0 Å². The predicted octanol–water partition coefficient (Wildman–Crippen LogP) is 1.81. The molecule has 1 amide bonds. The van der Waals surface area contributed by atoms with Gasteiger partial charge >= 0.3 is 0 Å². The average molecular weight is 357 g/mol. The van der Waals surface area contributed by atoms with Crippen molar-refractivity contribution in [3.63, 3.8) is 0 Å². The molecule has 1 saturated heterocycles. The Bertz CT molecular complexity index is 525. The number of carbonyl (C=O) groups excluding carboxylic acids is 1. The Kier molecular flexibility index (Phi) is 8.30. The molecule has 8 heteroatoms. The van der Waals surface area contributed by atoms with Crippen LogP contribution >= 0.6 is 11.3 Å². The first kappa shape index (κ1) is 20.5. The van der Waals surface area contributed by atoms with Crippen molar-refractivity contribution in [2.45, 2.75) is 39.2 Å². The fourth-order valence-electron chi connectivity index (χ4n) is 2.37. The molecular formula is C16H27N3O4S. The van der Waals surface area contributed by atoms with Crippen LogP contribution in [0.2, 0.25) is 0 Å². The number of carboxylic acid groups (broad SMARTS) is 1. The smallest absolute Gasteiger partial charge is 0.290 e. The molecule has 2 heterocycles. The van der Waals surface area contributed by atoms with Gasteiger partial charge in [0.15, 0.2) is 5.01 Å². The summed E-state index contributed by atoms with van der Waals surface area (Å²) >= 11 is 1.42. The SMILES string of the molecule is CC(C)c1csc(C(=O)NC(C)(C)CN2CCOCC2)n1.O=CO. The molecule has 0 atom stereocenters. The molecule has 7 nitrogen and oxygen atoms in total. The molecule has 2 rings (SSSR count). The molecule has 1 aliphatic heterocycles. The third-order valence-corrected chi connectivity index (χ3v) is 4.34. The lowest BCUT2D eigenvalue weighted by atomic mass is 10.0. The highest BCUT2D eigenvalue weighted by atomic mass is 32.1. The number of aromatic nitrogens is 1. The molecule has 1 aromatic heterocycles. The second kappa shape index (κ2) is 9.71. The summed E-state index contributed by atoms with van der Waals surface area (Å²) in [6.45, 7) is 12.2. The maximum Gasteiger partial charge on any atom is 0.290 e. The van der Waals surface area contributed by atoms with E-state index in [2.05, 4.69) is 42.9 Å². The van der Waals surface area contributed by atoms with Gasteiger partial charge in [-0.3, -0.25) is 14.5 Å². The first-order chi connectivity index (χ1) is 11.3. The van der Waals surface area contributed by atoms with Gasteiger partial charge in [-0.25, -0.2) is 4.98 Å². The standard InChI is InChI=1S/C15H25N3O2S.CH2O2/c1-11(2)12-9-21-14(16-12)13(19)17-15(3,4)10-18-5-7-20-8-6-18;2-1-3/h9,11H,5-8,10H2,1-4H3,(H,17,19);1H,(H,2,3). The molecule has 0 aromatic carbocycles. The van der Waals surface area contributed by atoms with Gasteiger partial charge in [0.1, 0.15) is 0 Å². The molecule has 0 aliphatic carbocycles. The van der Waals surface area contributed by atoms with E-state index in [1.165, 1.54) is 11.3 Å². The minimum Gasteiger partial charge on any atom is -0.483 e.